The van der Waals surface area contributed by atoms with Crippen molar-refractivity contribution in [2.45, 2.75) is 32.9 Å². The van der Waals surface area contributed by atoms with Crippen LogP contribution >= 0.6 is 0 Å². The van der Waals surface area contributed by atoms with Crippen molar-refractivity contribution in [1.29, 1.82) is 0 Å². The lowest BCUT2D eigenvalue weighted by Crippen LogP contribution is -2.12. The molecule has 112 valence electrons. The number of nitrogens with zero attached hydrogens (tertiary/aromatic N) is 3. The first kappa shape index (κ1) is 15.2. The maximum atomic E-state index is 11.9. The number of hydrogen-bond donors (Lipinski definition) is 2. The first-order valence-corrected chi connectivity index (χ1v) is 7.07. The highest BCUT2D eigenvalue weighted by Gasteiger charge is 2.04. The van der Waals surface area contributed by atoms with Crippen LogP contribution in [0.2, 0.25) is 0 Å². The number of rotatable bonds is 7. The Balaban J connectivity index is 1.73. The lowest BCUT2D eigenvalue weighted by atomic mass is 10.2. The number of hydrogen-bond acceptors (Lipinski definition) is 4. The average Bonchev–Trinajstić information content (AvgIpc) is 2.87. The van der Waals surface area contributed by atoms with Gasteiger partial charge in [-0.05, 0) is 38.1 Å². The average molecular weight is 287 g/mol. The third kappa shape index (κ3) is 5.00. The number of carbonyl (C=O) groups excluding carboxylic acids is 1. The van der Waals surface area contributed by atoms with Crippen molar-refractivity contribution in [2.24, 2.45) is 0 Å². The quantitative estimate of drug-likeness (QED) is 0.813. The minimum atomic E-state index is 0.0242. The SMILES string of the molecule is CNCc1cn(CCCC(=O)Nc2cccc(C)c2)nn1. The molecule has 0 fully saturated rings. The maximum absolute atomic E-state index is 11.9. The van der Waals surface area contributed by atoms with Crippen LogP contribution in [0.4, 0.5) is 5.69 Å². The van der Waals surface area contributed by atoms with Crippen LogP contribution in [0.15, 0.2) is 30.5 Å². The summed E-state index contributed by atoms with van der Waals surface area (Å²) in [5.74, 6) is 0.0242. The van der Waals surface area contributed by atoms with Gasteiger partial charge in [-0.1, -0.05) is 17.3 Å². The molecule has 21 heavy (non-hydrogen) atoms. The zero-order chi connectivity index (χ0) is 15.1. The second-order valence-electron chi connectivity index (χ2n) is 5.02. The Hall–Kier alpha value is -2.21. The van der Waals surface area contributed by atoms with Crippen molar-refractivity contribution < 1.29 is 4.79 Å². The van der Waals surface area contributed by atoms with Crippen molar-refractivity contribution >= 4 is 11.6 Å². The van der Waals surface area contributed by atoms with Gasteiger partial charge in [-0.25, -0.2) is 0 Å². The van der Waals surface area contributed by atoms with Crippen LogP contribution < -0.4 is 10.6 Å². The van der Waals surface area contributed by atoms with Crippen molar-refractivity contribution in [3.8, 4) is 0 Å². The summed E-state index contributed by atoms with van der Waals surface area (Å²) >= 11 is 0. The topological polar surface area (TPSA) is 71.8 Å². The van der Waals surface area contributed by atoms with Crippen LogP contribution in [0.5, 0.6) is 0 Å². The summed E-state index contributed by atoms with van der Waals surface area (Å²) in [6, 6.07) is 7.79. The number of benzene rings is 1. The molecule has 1 heterocycles. The van der Waals surface area contributed by atoms with Crippen LogP contribution in [0.1, 0.15) is 24.1 Å². The number of aryl methyl sites for hydroxylation is 2. The highest BCUT2D eigenvalue weighted by atomic mass is 16.1. The predicted octanol–water partition coefficient (Wildman–Crippen LogP) is 1.72. The molecule has 6 heteroatoms. The Labute approximate surface area is 124 Å². The maximum Gasteiger partial charge on any atom is 0.224 e. The summed E-state index contributed by atoms with van der Waals surface area (Å²) in [7, 11) is 1.87. The fraction of sp³-hybridized carbons (Fsp3) is 0.400. The minimum Gasteiger partial charge on any atom is -0.326 e. The summed E-state index contributed by atoms with van der Waals surface area (Å²) in [4.78, 5) is 11.9. The van der Waals surface area contributed by atoms with Crippen molar-refractivity contribution in [2.75, 3.05) is 12.4 Å². The monoisotopic (exact) mass is 287 g/mol. The van der Waals surface area contributed by atoms with E-state index in [1.807, 2.05) is 44.4 Å². The fourth-order valence-electron chi connectivity index (χ4n) is 2.06. The normalized spacial score (nSPS) is 10.6. The molecule has 0 aliphatic rings. The second kappa shape index (κ2) is 7.54. The molecule has 0 unspecified atom stereocenters. The first-order valence-electron chi connectivity index (χ1n) is 7.07. The number of carbonyl (C=O) groups is 1. The van der Waals surface area contributed by atoms with Gasteiger partial charge in [0.15, 0.2) is 0 Å². The van der Waals surface area contributed by atoms with Gasteiger partial charge in [-0.15, -0.1) is 5.10 Å². The zero-order valence-corrected chi connectivity index (χ0v) is 12.5. The standard InChI is InChI=1S/C15H21N5O/c1-12-5-3-6-13(9-12)17-15(21)7-4-8-20-11-14(10-16-2)18-19-20/h3,5-6,9,11,16H,4,7-8,10H2,1-2H3,(H,17,21). The van der Waals surface area contributed by atoms with Gasteiger partial charge in [0, 0.05) is 31.4 Å². The van der Waals surface area contributed by atoms with Crippen molar-refractivity contribution in [3.63, 3.8) is 0 Å². The van der Waals surface area contributed by atoms with Gasteiger partial charge in [0.1, 0.15) is 0 Å². The number of anilines is 1. The predicted molar refractivity (Wildman–Crippen MR) is 81.8 cm³/mol. The molecule has 0 radical (unpaired) electrons. The Morgan fingerprint density at radius 1 is 1.38 bits per heavy atom. The van der Waals surface area contributed by atoms with Gasteiger partial charge in [-0.3, -0.25) is 9.48 Å². The summed E-state index contributed by atoms with van der Waals surface area (Å²) in [6.07, 6.45) is 3.10. The molecule has 6 nitrogen and oxygen atoms in total. The van der Waals surface area contributed by atoms with Gasteiger partial charge >= 0.3 is 0 Å². The van der Waals surface area contributed by atoms with Gasteiger partial charge in [0.05, 0.1) is 5.69 Å². The molecule has 1 aromatic heterocycles. The highest BCUT2D eigenvalue weighted by Crippen LogP contribution is 2.10. The van der Waals surface area contributed by atoms with Crippen LogP contribution in [-0.4, -0.2) is 27.9 Å². The van der Waals surface area contributed by atoms with E-state index in [0.717, 1.165) is 23.4 Å². The Morgan fingerprint density at radius 3 is 3.00 bits per heavy atom. The number of amides is 1. The number of aromatic nitrogens is 3. The minimum absolute atomic E-state index is 0.0242. The van der Waals surface area contributed by atoms with E-state index in [9.17, 15) is 4.79 Å². The molecule has 0 aliphatic carbocycles. The zero-order valence-electron chi connectivity index (χ0n) is 12.5. The van der Waals surface area contributed by atoms with Gasteiger partial charge in [0.25, 0.3) is 0 Å². The Bertz CT molecular complexity index is 593. The van der Waals surface area contributed by atoms with Crippen LogP contribution in [0.25, 0.3) is 0 Å². The van der Waals surface area contributed by atoms with Crippen LogP contribution in [0.3, 0.4) is 0 Å². The van der Waals surface area contributed by atoms with E-state index < -0.39 is 0 Å². The van der Waals surface area contributed by atoms with E-state index in [4.69, 9.17) is 0 Å². The van der Waals surface area contributed by atoms with E-state index >= 15 is 0 Å². The van der Waals surface area contributed by atoms with Gasteiger partial charge < -0.3 is 10.6 Å². The van der Waals surface area contributed by atoms with E-state index in [-0.39, 0.29) is 5.91 Å². The lowest BCUT2D eigenvalue weighted by Gasteiger charge is -2.05. The summed E-state index contributed by atoms with van der Waals surface area (Å²) in [6.45, 7) is 3.40. The molecule has 0 aliphatic heterocycles. The summed E-state index contributed by atoms with van der Waals surface area (Å²) < 4.78 is 1.77. The summed E-state index contributed by atoms with van der Waals surface area (Å²) in [5.41, 5.74) is 2.88. The molecule has 2 aromatic rings. The number of nitrogens with one attached hydrogen (secondary N) is 2. The Kier molecular flexibility index (Phi) is 5.45. The molecular formula is C15H21N5O. The first-order chi connectivity index (χ1) is 10.2. The Morgan fingerprint density at radius 2 is 2.24 bits per heavy atom. The van der Waals surface area contributed by atoms with Gasteiger partial charge in [-0.2, -0.15) is 0 Å². The third-order valence-corrected chi connectivity index (χ3v) is 3.04. The molecule has 0 atom stereocenters. The van der Waals surface area contributed by atoms with Gasteiger partial charge in [0.2, 0.25) is 5.91 Å². The molecular weight excluding hydrogens is 266 g/mol. The molecule has 2 rings (SSSR count). The lowest BCUT2D eigenvalue weighted by molar-refractivity contribution is -0.116. The van der Waals surface area contributed by atoms with E-state index in [1.165, 1.54) is 0 Å². The summed E-state index contributed by atoms with van der Waals surface area (Å²) in [5, 5.41) is 14.0. The smallest absolute Gasteiger partial charge is 0.224 e. The van der Waals surface area contributed by atoms with E-state index in [0.29, 0.717) is 19.5 Å². The van der Waals surface area contributed by atoms with Crippen molar-refractivity contribution in [1.82, 2.24) is 20.3 Å². The third-order valence-electron chi connectivity index (χ3n) is 3.04. The fourth-order valence-corrected chi connectivity index (χ4v) is 2.06. The second-order valence-corrected chi connectivity index (χ2v) is 5.02. The molecule has 0 bridgehead atoms. The molecule has 1 aromatic carbocycles. The largest absolute Gasteiger partial charge is 0.326 e. The molecule has 2 N–H and O–H groups in total. The molecule has 0 saturated heterocycles. The van der Waals surface area contributed by atoms with Crippen LogP contribution in [-0.2, 0) is 17.9 Å². The highest BCUT2D eigenvalue weighted by molar-refractivity contribution is 5.90. The van der Waals surface area contributed by atoms with E-state index in [2.05, 4.69) is 20.9 Å². The molecule has 0 saturated carbocycles. The van der Waals surface area contributed by atoms with E-state index in [1.54, 1.807) is 4.68 Å². The molecule has 1 amide bonds. The van der Waals surface area contributed by atoms with Crippen LogP contribution in [0, 0.1) is 6.92 Å². The molecule has 0 spiro atoms. The van der Waals surface area contributed by atoms with Crippen molar-refractivity contribution in [3.05, 3.63) is 41.7 Å².